The maximum Gasteiger partial charge on any atom is 0.330 e. The van der Waals surface area contributed by atoms with E-state index in [1.165, 1.54) is 11.6 Å². The molecular weight excluding hydrogens is 408 g/mol. The van der Waals surface area contributed by atoms with E-state index < -0.39 is 32.7 Å². The van der Waals surface area contributed by atoms with E-state index in [1.54, 1.807) is 0 Å². The van der Waals surface area contributed by atoms with Gasteiger partial charge in [-0.25, -0.2) is 13.2 Å². The minimum atomic E-state index is -3.67. The summed E-state index contributed by atoms with van der Waals surface area (Å²) in [6.07, 6.45) is 2.42. The molecule has 0 bridgehead atoms. The molecule has 0 aliphatic heterocycles. The van der Waals surface area contributed by atoms with Gasteiger partial charge in [-0.3, -0.25) is 19.1 Å². The van der Waals surface area contributed by atoms with Gasteiger partial charge >= 0.3 is 5.69 Å². The Labute approximate surface area is 175 Å². The number of aromatic amines is 1. The Bertz CT molecular complexity index is 1090. The van der Waals surface area contributed by atoms with Gasteiger partial charge in [0.25, 0.3) is 5.56 Å². The summed E-state index contributed by atoms with van der Waals surface area (Å²) in [5.41, 5.74) is 5.27. The predicted molar refractivity (Wildman–Crippen MR) is 117 cm³/mol. The van der Waals surface area contributed by atoms with Crippen LogP contribution < -0.4 is 21.9 Å². The van der Waals surface area contributed by atoms with Crippen LogP contribution in [0.25, 0.3) is 0 Å². The molecule has 0 saturated carbocycles. The fourth-order valence-corrected chi connectivity index (χ4v) is 4.36. The number of nitrogens with one attached hydrogen (secondary N) is 1. The van der Waals surface area contributed by atoms with Crippen LogP contribution >= 0.6 is 0 Å². The summed E-state index contributed by atoms with van der Waals surface area (Å²) in [6, 6.07) is 9.46. The van der Waals surface area contributed by atoms with Crippen molar-refractivity contribution in [2.24, 2.45) is 0 Å². The van der Waals surface area contributed by atoms with Crippen molar-refractivity contribution in [3.05, 3.63) is 56.7 Å². The van der Waals surface area contributed by atoms with Crippen molar-refractivity contribution in [3.8, 4) is 0 Å². The van der Waals surface area contributed by atoms with Gasteiger partial charge in [-0.1, -0.05) is 43.7 Å². The summed E-state index contributed by atoms with van der Waals surface area (Å²) < 4.78 is 25.9. The summed E-state index contributed by atoms with van der Waals surface area (Å²) in [5, 5.41) is 0. The Morgan fingerprint density at radius 1 is 1.17 bits per heavy atom. The number of aromatic nitrogens is 2. The third-order valence-electron chi connectivity index (χ3n) is 4.77. The molecule has 1 aromatic heterocycles. The van der Waals surface area contributed by atoms with Crippen molar-refractivity contribution < 1.29 is 13.2 Å². The average Bonchev–Trinajstić information content (AvgIpc) is 2.67. The summed E-state index contributed by atoms with van der Waals surface area (Å²) in [7, 11) is -2.40. The second kappa shape index (κ2) is 10.2. The van der Waals surface area contributed by atoms with Gasteiger partial charge in [0.05, 0.1) is 5.75 Å². The summed E-state index contributed by atoms with van der Waals surface area (Å²) in [5.74, 6) is -1.84. The smallest absolute Gasteiger partial charge is 0.330 e. The van der Waals surface area contributed by atoms with Crippen molar-refractivity contribution >= 4 is 27.2 Å². The minimum absolute atomic E-state index is 0.149. The molecule has 0 fully saturated rings. The zero-order valence-corrected chi connectivity index (χ0v) is 18.1. The lowest BCUT2D eigenvalue weighted by molar-refractivity contribution is -0.116. The molecule has 30 heavy (non-hydrogen) atoms. The first-order valence-electron chi connectivity index (χ1n) is 9.79. The first kappa shape index (κ1) is 23.4. The first-order chi connectivity index (χ1) is 14.2. The van der Waals surface area contributed by atoms with E-state index in [0.29, 0.717) is 19.3 Å². The molecule has 9 nitrogen and oxygen atoms in total. The third-order valence-corrected chi connectivity index (χ3v) is 6.36. The van der Waals surface area contributed by atoms with Crippen LogP contribution in [0.4, 0.5) is 11.5 Å². The molecule has 0 aliphatic rings. The molecule has 164 valence electrons. The fourth-order valence-electron chi connectivity index (χ4n) is 3.06. The lowest BCUT2D eigenvalue weighted by Crippen LogP contribution is -2.41. The number of rotatable bonds is 10. The van der Waals surface area contributed by atoms with Gasteiger partial charge in [0.15, 0.2) is 15.5 Å². The normalized spacial score (nSPS) is 11.4. The molecule has 1 amide bonds. The van der Waals surface area contributed by atoms with Crippen molar-refractivity contribution in [3.63, 3.8) is 0 Å². The van der Waals surface area contributed by atoms with Gasteiger partial charge in [0.1, 0.15) is 11.6 Å². The van der Waals surface area contributed by atoms with Crippen molar-refractivity contribution in [1.82, 2.24) is 9.55 Å². The summed E-state index contributed by atoms with van der Waals surface area (Å²) in [4.78, 5) is 39.8. The Balaban J connectivity index is 2.11. The quantitative estimate of drug-likeness (QED) is 0.569. The number of aryl methyl sites for hydroxylation is 1. The van der Waals surface area contributed by atoms with Crippen LogP contribution in [0, 0.1) is 0 Å². The minimum Gasteiger partial charge on any atom is -0.383 e. The molecule has 2 aromatic rings. The van der Waals surface area contributed by atoms with Crippen LogP contribution in [0.5, 0.6) is 0 Å². The number of unbranched alkanes of at least 4 members (excludes halogenated alkanes) is 1. The molecule has 0 spiro atoms. The molecule has 3 N–H and O–H groups in total. The number of anilines is 2. The topological polar surface area (TPSA) is 135 Å². The van der Waals surface area contributed by atoms with Crippen LogP contribution in [-0.2, 0) is 27.6 Å². The molecule has 0 aliphatic carbocycles. The Morgan fingerprint density at radius 2 is 1.83 bits per heavy atom. The zero-order valence-electron chi connectivity index (χ0n) is 17.3. The van der Waals surface area contributed by atoms with Crippen LogP contribution in [0.1, 0.15) is 31.7 Å². The number of hydrogen-bond acceptors (Lipinski definition) is 6. The van der Waals surface area contributed by atoms with Gasteiger partial charge in [-0.05, 0) is 24.8 Å². The van der Waals surface area contributed by atoms with E-state index in [9.17, 15) is 22.8 Å². The molecule has 1 aromatic carbocycles. The molecule has 0 saturated heterocycles. The molecule has 1 heterocycles. The van der Waals surface area contributed by atoms with Crippen LogP contribution in [0.2, 0.25) is 0 Å². The lowest BCUT2D eigenvalue weighted by Gasteiger charge is -2.20. The number of amides is 1. The molecule has 10 heteroatoms. The van der Waals surface area contributed by atoms with E-state index in [4.69, 9.17) is 5.73 Å². The fraction of sp³-hybridized carbons (Fsp3) is 0.450. The molecule has 0 atom stereocenters. The highest BCUT2D eigenvalue weighted by Crippen LogP contribution is 2.16. The largest absolute Gasteiger partial charge is 0.383 e. The number of nitrogens with zero attached hydrogens (tertiary/aromatic N) is 2. The standard InChI is InChI=1S/C20H28N4O5S/c1-3-4-12-24-18(21)17(19(26)22-20(24)27)23(2)16(25)14-30(28,29)13-8-11-15-9-6-5-7-10-15/h5-7,9-10H,3-4,8,11-14,21H2,1-2H3,(H,22,26,27). The maximum absolute atomic E-state index is 12.6. The predicted octanol–water partition coefficient (Wildman–Crippen LogP) is 0.929. The lowest BCUT2D eigenvalue weighted by atomic mass is 10.1. The van der Waals surface area contributed by atoms with E-state index in [1.807, 2.05) is 37.3 Å². The Hall–Kier alpha value is -2.88. The second-order valence-corrected chi connectivity index (χ2v) is 9.32. The van der Waals surface area contributed by atoms with E-state index in [-0.39, 0.29) is 23.8 Å². The molecular formula is C20H28N4O5S. The Kier molecular flexibility index (Phi) is 7.99. The molecule has 0 radical (unpaired) electrons. The number of hydrogen-bond donors (Lipinski definition) is 2. The number of benzene rings is 1. The molecule has 2 rings (SSSR count). The summed E-state index contributed by atoms with van der Waals surface area (Å²) in [6.45, 7) is 2.22. The maximum atomic E-state index is 12.6. The first-order valence-corrected chi connectivity index (χ1v) is 11.6. The van der Waals surface area contributed by atoms with E-state index in [0.717, 1.165) is 16.9 Å². The van der Waals surface area contributed by atoms with Crippen molar-refractivity contribution in [2.45, 2.75) is 39.2 Å². The highest BCUT2D eigenvalue weighted by atomic mass is 32.2. The highest BCUT2D eigenvalue weighted by molar-refractivity contribution is 7.92. The van der Waals surface area contributed by atoms with Gasteiger partial charge in [0.2, 0.25) is 5.91 Å². The van der Waals surface area contributed by atoms with Crippen LogP contribution in [0.3, 0.4) is 0 Å². The SMILES string of the molecule is CCCCn1c(N)c(N(C)C(=O)CS(=O)(=O)CCCc2ccccc2)c(=O)[nH]c1=O. The number of nitrogen functional groups attached to an aromatic ring is 1. The third kappa shape index (κ3) is 6.06. The number of nitrogens with two attached hydrogens (primary N) is 1. The summed E-state index contributed by atoms with van der Waals surface area (Å²) >= 11 is 0. The number of H-pyrrole nitrogens is 1. The van der Waals surface area contributed by atoms with Crippen molar-refractivity contribution in [2.75, 3.05) is 29.2 Å². The Morgan fingerprint density at radius 3 is 2.47 bits per heavy atom. The van der Waals surface area contributed by atoms with Crippen LogP contribution in [0.15, 0.2) is 39.9 Å². The van der Waals surface area contributed by atoms with E-state index >= 15 is 0 Å². The highest BCUT2D eigenvalue weighted by Gasteiger charge is 2.25. The number of sulfone groups is 1. The van der Waals surface area contributed by atoms with Crippen LogP contribution in [-0.4, -0.2) is 42.4 Å². The number of carbonyl (C=O) groups excluding carboxylic acids is 1. The van der Waals surface area contributed by atoms with Gasteiger partial charge < -0.3 is 10.6 Å². The van der Waals surface area contributed by atoms with E-state index in [2.05, 4.69) is 4.98 Å². The monoisotopic (exact) mass is 436 g/mol. The second-order valence-electron chi connectivity index (χ2n) is 7.13. The number of carbonyl (C=O) groups is 1. The van der Waals surface area contributed by atoms with Crippen molar-refractivity contribution in [1.29, 1.82) is 0 Å². The van der Waals surface area contributed by atoms with Gasteiger partial charge in [0, 0.05) is 13.6 Å². The van der Waals surface area contributed by atoms with Gasteiger partial charge in [-0.15, -0.1) is 0 Å². The van der Waals surface area contributed by atoms with Gasteiger partial charge in [-0.2, -0.15) is 0 Å². The average molecular weight is 437 g/mol. The molecule has 0 unspecified atom stereocenters. The zero-order chi connectivity index (χ0) is 22.3.